The van der Waals surface area contributed by atoms with Crippen LogP contribution in [0.3, 0.4) is 0 Å². The highest BCUT2D eigenvalue weighted by molar-refractivity contribution is 14.0. The molecular weight excluding hydrogens is 519 g/mol. The van der Waals surface area contributed by atoms with Crippen molar-refractivity contribution in [3.63, 3.8) is 0 Å². The molecule has 0 spiro atoms. The number of halogens is 1. The van der Waals surface area contributed by atoms with E-state index < -0.39 is 5.60 Å². The van der Waals surface area contributed by atoms with Crippen LogP contribution in [0.15, 0.2) is 29.3 Å². The summed E-state index contributed by atoms with van der Waals surface area (Å²) in [5.41, 5.74) is 0.360. The van der Waals surface area contributed by atoms with Gasteiger partial charge in [0.1, 0.15) is 12.4 Å². The lowest BCUT2D eigenvalue weighted by molar-refractivity contribution is 0.0257. The third kappa shape index (κ3) is 10.7. The molecule has 0 aliphatic carbocycles. The molecule has 8 heteroatoms. The van der Waals surface area contributed by atoms with Crippen LogP contribution in [-0.4, -0.2) is 74.1 Å². The van der Waals surface area contributed by atoms with Crippen LogP contribution >= 0.6 is 24.0 Å². The smallest absolute Gasteiger partial charge is 0.191 e. The molecule has 1 aliphatic rings. The molecule has 0 aromatic heterocycles. The van der Waals surface area contributed by atoms with Crippen LogP contribution in [0, 0.1) is 0 Å². The Bertz CT molecular complexity index is 648. The van der Waals surface area contributed by atoms with Gasteiger partial charge in [-0.1, -0.05) is 44.9 Å². The Labute approximate surface area is 211 Å². The molecule has 1 heterocycles. The maximum absolute atomic E-state index is 10.9. The SMILES string of the molecule is CCCC(O)(CCC)CNC(=NCc1ccccc1OCCN1CCOCC1)NCC.I. The lowest BCUT2D eigenvalue weighted by atomic mass is 9.93. The molecule has 1 aromatic carbocycles. The van der Waals surface area contributed by atoms with Gasteiger partial charge in [-0.15, -0.1) is 24.0 Å². The second-order valence-electron chi connectivity index (χ2n) is 8.18. The third-order valence-electron chi connectivity index (χ3n) is 5.51. The van der Waals surface area contributed by atoms with E-state index in [4.69, 9.17) is 14.5 Å². The van der Waals surface area contributed by atoms with Crippen LogP contribution in [0.4, 0.5) is 0 Å². The van der Waals surface area contributed by atoms with Crippen molar-refractivity contribution in [2.24, 2.45) is 4.99 Å². The maximum atomic E-state index is 10.9. The molecule has 1 aliphatic heterocycles. The fourth-order valence-corrected chi connectivity index (χ4v) is 3.87. The lowest BCUT2D eigenvalue weighted by Gasteiger charge is -2.28. The second-order valence-corrected chi connectivity index (χ2v) is 8.18. The summed E-state index contributed by atoms with van der Waals surface area (Å²) >= 11 is 0. The van der Waals surface area contributed by atoms with Crippen molar-refractivity contribution < 1.29 is 14.6 Å². The average molecular weight is 563 g/mol. The van der Waals surface area contributed by atoms with Crippen molar-refractivity contribution in [3.8, 4) is 5.75 Å². The summed E-state index contributed by atoms with van der Waals surface area (Å²) in [6.45, 7) is 13.1. The Morgan fingerprint density at radius 1 is 1.12 bits per heavy atom. The molecule has 32 heavy (non-hydrogen) atoms. The summed E-state index contributed by atoms with van der Waals surface area (Å²) in [5, 5.41) is 17.5. The van der Waals surface area contributed by atoms with E-state index in [0.717, 1.165) is 82.3 Å². The predicted octanol–water partition coefficient (Wildman–Crippen LogP) is 3.40. The summed E-state index contributed by atoms with van der Waals surface area (Å²) in [6, 6.07) is 8.07. The van der Waals surface area contributed by atoms with Gasteiger partial charge in [0.15, 0.2) is 5.96 Å². The van der Waals surface area contributed by atoms with Crippen LogP contribution in [0.5, 0.6) is 5.75 Å². The van der Waals surface area contributed by atoms with Crippen molar-refractivity contribution in [2.45, 2.75) is 58.6 Å². The van der Waals surface area contributed by atoms with E-state index in [1.165, 1.54) is 0 Å². The zero-order chi connectivity index (χ0) is 22.4. The van der Waals surface area contributed by atoms with Crippen LogP contribution in [0.2, 0.25) is 0 Å². The molecule has 1 fully saturated rings. The molecular formula is C24H43IN4O3. The van der Waals surface area contributed by atoms with Crippen molar-refractivity contribution in [1.29, 1.82) is 0 Å². The number of para-hydroxylation sites is 1. The Balaban J connectivity index is 0.00000512. The number of hydrogen-bond donors (Lipinski definition) is 3. The van der Waals surface area contributed by atoms with Crippen molar-refractivity contribution >= 4 is 29.9 Å². The zero-order valence-electron chi connectivity index (χ0n) is 20.1. The Morgan fingerprint density at radius 2 is 1.81 bits per heavy atom. The number of aliphatic imine (C=N–C) groups is 1. The normalized spacial score (nSPS) is 15.2. The Morgan fingerprint density at radius 3 is 2.47 bits per heavy atom. The summed E-state index contributed by atoms with van der Waals surface area (Å²) < 4.78 is 11.5. The van der Waals surface area contributed by atoms with Crippen LogP contribution in [0.1, 0.15) is 52.0 Å². The molecule has 0 saturated carbocycles. The number of benzene rings is 1. The van der Waals surface area contributed by atoms with E-state index in [1.54, 1.807) is 0 Å². The highest BCUT2D eigenvalue weighted by atomic mass is 127. The number of hydrogen-bond acceptors (Lipinski definition) is 5. The molecule has 7 nitrogen and oxygen atoms in total. The minimum Gasteiger partial charge on any atom is -0.492 e. The minimum absolute atomic E-state index is 0. The second kappa shape index (κ2) is 16.5. The van der Waals surface area contributed by atoms with Crippen molar-refractivity contribution in [2.75, 3.05) is 52.5 Å². The molecule has 184 valence electrons. The summed E-state index contributed by atoms with van der Waals surface area (Å²) in [7, 11) is 0. The van der Waals surface area contributed by atoms with Crippen LogP contribution in [-0.2, 0) is 11.3 Å². The molecule has 2 rings (SSSR count). The van der Waals surface area contributed by atoms with E-state index in [1.807, 2.05) is 25.1 Å². The molecule has 0 bridgehead atoms. The zero-order valence-corrected chi connectivity index (χ0v) is 22.4. The fraction of sp³-hybridized carbons (Fsp3) is 0.708. The van der Waals surface area contributed by atoms with Gasteiger partial charge in [-0.25, -0.2) is 4.99 Å². The molecule has 0 amide bonds. The van der Waals surface area contributed by atoms with E-state index in [9.17, 15) is 5.11 Å². The van der Waals surface area contributed by atoms with Crippen LogP contribution in [0.25, 0.3) is 0 Å². The first kappa shape index (κ1) is 28.9. The number of guanidine groups is 1. The third-order valence-corrected chi connectivity index (χ3v) is 5.51. The van der Waals surface area contributed by atoms with Gasteiger partial charge < -0.3 is 25.2 Å². The molecule has 1 saturated heterocycles. The van der Waals surface area contributed by atoms with Gasteiger partial charge >= 0.3 is 0 Å². The van der Waals surface area contributed by atoms with E-state index in [-0.39, 0.29) is 24.0 Å². The monoisotopic (exact) mass is 562 g/mol. The fourth-order valence-electron chi connectivity index (χ4n) is 3.87. The molecule has 0 atom stereocenters. The van der Waals surface area contributed by atoms with Crippen molar-refractivity contribution in [1.82, 2.24) is 15.5 Å². The van der Waals surface area contributed by atoms with Gasteiger partial charge in [-0.2, -0.15) is 0 Å². The number of nitrogens with zero attached hydrogens (tertiary/aromatic N) is 2. The number of morpholine rings is 1. The van der Waals surface area contributed by atoms with E-state index >= 15 is 0 Å². The van der Waals surface area contributed by atoms with Gasteiger partial charge in [-0.05, 0) is 25.8 Å². The largest absolute Gasteiger partial charge is 0.492 e. The molecule has 0 unspecified atom stereocenters. The maximum Gasteiger partial charge on any atom is 0.191 e. The first-order valence-corrected chi connectivity index (χ1v) is 11.9. The van der Waals surface area contributed by atoms with Gasteiger partial charge in [0.25, 0.3) is 0 Å². The number of aliphatic hydroxyl groups is 1. The van der Waals surface area contributed by atoms with Gasteiger partial charge in [0, 0.05) is 38.3 Å². The first-order valence-electron chi connectivity index (χ1n) is 11.9. The Kier molecular flexibility index (Phi) is 14.9. The van der Waals surface area contributed by atoms with Gasteiger partial charge in [-0.3, -0.25) is 4.90 Å². The van der Waals surface area contributed by atoms with Gasteiger partial charge in [0.05, 0.1) is 25.4 Å². The number of nitrogens with one attached hydrogen (secondary N) is 2. The summed E-state index contributed by atoms with van der Waals surface area (Å²) in [6.07, 6.45) is 3.49. The van der Waals surface area contributed by atoms with Crippen molar-refractivity contribution in [3.05, 3.63) is 29.8 Å². The summed E-state index contributed by atoms with van der Waals surface area (Å²) in [4.78, 5) is 7.11. The Hall–Kier alpha value is -1.10. The standard InChI is InChI=1S/C24H42N4O3.HI/c1-4-11-24(29,12-5-2)20-27-23(25-6-3)26-19-21-9-7-8-10-22(21)31-18-15-28-13-16-30-17-14-28;/h7-10,29H,4-6,11-20H2,1-3H3,(H2,25,26,27);1H. The average Bonchev–Trinajstić information content (AvgIpc) is 2.77. The number of rotatable bonds is 13. The number of ether oxygens (including phenoxy) is 2. The highest BCUT2D eigenvalue weighted by Crippen LogP contribution is 2.20. The predicted molar refractivity (Wildman–Crippen MR) is 142 cm³/mol. The summed E-state index contributed by atoms with van der Waals surface area (Å²) in [5.74, 6) is 1.60. The van der Waals surface area contributed by atoms with Crippen LogP contribution < -0.4 is 15.4 Å². The molecule has 1 aromatic rings. The lowest BCUT2D eigenvalue weighted by Crippen LogP contribution is -2.47. The molecule has 0 radical (unpaired) electrons. The quantitative estimate of drug-likeness (QED) is 0.194. The minimum atomic E-state index is -0.694. The van der Waals surface area contributed by atoms with E-state index in [0.29, 0.717) is 19.7 Å². The highest BCUT2D eigenvalue weighted by Gasteiger charge is 2.25. The molecule has 3 N–H and O–H groups in total. The first-order chi connectivity index (χ1) is 15.1. The van der Waals surface area contributed by atoms with Gasteiger partial charge in [0.2, 0.25) is 0 Å². The topological polar surface area (TPSA) is 78.3 Å². The van der Waals surface area contributed by atoms with E-state index in [2.05, 4.69) is 35.4 Å².